The van der Waals surface area contributed by atoms with Crippen molar-refractivity contribution < 1.29 is 0 Å². The minimum absolute atomic E-state index is 0.523. The van der Waals surface area contributed by atoms with Crippen LogP contribution in [0.25, 0.3) is 16.3 Å². The van der Waals surface area contributed by atoms with Gasteiger partial charge in [0.1, 0.15) is 12.7 Å². The predicted octanol–water partition coefficient (Wildman–Crippen LogP) is 1.97. The highest BCUT2D eigenvalue weighted by atomic mass is 32.1. The standard InChI is InChI=1S/C11H9N5S/c12-11-15-10(16-7-13-6-14-16)9(17-11)8-4-2-1-3-5-8/h1-7H,(H2,12,15). The Morgan fingerprint density at radius 3 is 2.71 bits per heavy atom. The summed E-state index contributed by atoms with van der Waals surface area (Å²) in [6.45, 7) is 0. The van der Waals surface area contributed by atoms with E-state index >= 15 is 0 Å². The van der Waals surface area contributed by atoms with Crippen molar-refractivity contribution in [2.24, 2.45) is 0 Å². The van der Waals surface area contributed by atoms with E-state index < -0.39 is 0 Å². The van der Waals surface area contributed by atoms with Crippen LogP contribution in [0.5, 0.6) is 0 Å². The molecule has 0 saturated carbocycles. The quantitative estimate of drug-likeness (QED) is 0.747. The lowest BCUT2D eigenvalue weighted by Gasteiger charge is -2.00. The van der Waals surface area contributed by atoms with Gasteiger partial charge in [0.15, 0.2) is 10.9 Å². The fourth-order valence-electron chi connectivity index (χ4n) is 1.58. The minimum atomic E-state index is 0.523. The lowest BCUT2D eigenvalue weighted by molar-refractivity contribution is 0.856. The van der Waals surface area contributed by atoms with Gasteiger partial charge in [0, 0.05) is 0 Å². The van der Waals surface area contributed by atoms with Crippen molar-refractivity contribution in [1.29, 1.82) is 0 Å². The first-order valence-electron chi connectivity index (χ1n) is 5.01. The first-order valence-corrected chi connectivity index (χ1v) is 5.83. The molecule has 0 aliphatic heterocycles. The Morgan fingerprint density at radius 1 is 1.18 bits per heavy atom. The smallest absolute Gasteiger partial charge is 0.182 e. The molecule has 0 radical (unpaired) electrons. The lowest BCUT2D eigenvalue weighted by atomic mass is 10.2. The molecule has 2 heterocycles. The Labute approximate surface area is 102 Å². The van der Waals surface area contributed by atoms with E-state index in [1.807, 2.05) is 30.3 Å². The highest BCUT2D eigenvalue weighted by Gasteiger charge is 2.13. The van der Waals surface area contributed by atoms with Crippen molar-refractivity contribution in [2.75, 3.05) is 5.73 Å². The zero-order chi connectivity index (χ0) is 11.7. The third-order valence-corrected chi connectivity index (χ3v) is 3.22. The second-order valence-electron chi connectivity index (χ2n) is 3.41. The van der Waals surface area contributed by atoms with E-state index in [1.54, 1.807) is 11.0 Å². The number of nitrogens with zero attached hydrogens (tertiary/aromatic N) is 4. The zero-order valence-corrected chi connectivity index (χ0v) is 9.63. The van der Waals surface area contributed by atoms with E-state index in [-0.39, 0.29) is 0 Å². The van der Waals surface area contributed by atoms with Gasteiger partial charge in [0.2, 0.25) is 0 Å². The number of hydrogen-bond acceptors (Lipinski definition) is 5. The van der Waals surface area contributed by atoms with Gasteiger partial charge in [-0.25, -0.2) is 14.6 Å². The summed E-state index contributed by atoms with van der Waals surface area (Å²) in [6, 6.07) is 9.98. The number of benzene rings is 1. The van der Waals surface area contributed by atoms with Crippen LogP contribution in [-0.2, 0) is 0 Å². The lowest BCUT2D eigenvalue weighted by Crippen LogP contribution is -1.97. The number of aromatic nitrogens is 4. The zero-order valence-electron chi connectivity index (χ0n) is 8.82. The SMILES string of the molecule is Nc1nc(-n2cncn2)c(-c2ccccc2)s1. The third kappa shape index (κ3) is 1.78. The van der Waals surface area contributed by atoms with Gasteiger partial charge < -0.3 is 5.73 Å². The van der Waals surface area contributed by atoms with Crippen LogP contribution < -0.4 is 5.73 Å². The van der Waals surface area contributed by atoms with Crippen LogP contribution in [-0.4, -0.2) is 19.7 Å². The normalized spacial score (nSPS) is 10.6. The molecule has 0 spiro atoms. The van der Waals surface area contributed by atoms with Crippen molar-refractivity contribution in [3.63, 3.8) is 0 Å². The molecular formula is C11H9N5S. The summed E-state index contributed by atoms with van der Waals surface area (Å²) >= 11 is 1.44. The Kier molecular flexibility index (Phi) is 2.34. The molecule has 1 aromatic carbocycles. The molecule has 0 amide bonds. The van der Waals surface area contributed by atoms with E-state index in [0.717, 1.165) is 16.3 Å². The molecule has 17 heavy (non-hydrogen) atoms. The average molecular weight is 243 g/mol. The second-order valence-corrected chi connectivity index (χ2v) is 4.44. The molecule has 3 aromatic rings. The number of rotatable bonds is 2. The van der Waals surface area contributed by atoms with E-state index in [4.69, 9.17) is 5.73 Å². The summed E-state index contributed by atoms with van der Waals surface area (Å²) in [5.41, 5.74) is 6.84. The maximum absolute atomic E-state index is 5.77. The van der Waals surface area contributed by atoms with Crippen molar-refractivity contribution in [1.82, 2.24) is 19.7 Å². The molecule has 0 aliphatic carbocycles. The number of anilines is 1. The van der Waals surface area contributed by atoms with Gasteiger partial charge in [-0.1, -0.05) is 41.7 Å². The van der Waals surface area contributed by atoms with Crippen LogP contribution in [0.2, 0.25) is 0 Å². The Balaban J connectivity index is 2.18. The molecule has 6 heteroatoms. The minimum Gasteiger partial charge on any atom is -0.375 e. The molecular weight excluding hydrogens is 234 g/mol. The maximum atomic E-state index is 5.77. The monoisotopic (exact) mass is 243 g/mol. The van der Waals surface area contributed by atoms with Crippen LogP contribution in [0.15, 0.2) is 43.0 Å². The number of nitrogen functional groups attached to an aromatic ring is 1. The van der Waals surface area contributed by atoms with Crippen LogP contribution in [0.1, 0.15) is 0 Å². The van der Waals surface area contributed by atoms with E-state index in [1.165, 1.54) is 17.7 Å². The Bertz CT molecular complexity index is 615. The number of hydrogen-bond donors (Lipinski definition) is 1. The molecule has 0 bridgehead atoms. The van der Waals surface area contributed by atoms with Gasteiger partial charge in [-0.05, 0) is 5.56 Å². The summed E-state index contributed by atoms with van der Waals surface area (Å²) in [6.07, 6.45) is 3.09. The third-order valence-electron chi connectivity index (χ3n) is 2.30. The topological polar surface area (TPSA) is 69.6 Å². The van der Waals surface area contributed by atoms with Gasteiger partial charge in [-0.3, -0.25) is 0 Å². The van der Waals surface area contributed by atoms with Crippen molar-refractivity contribution >= 4 is 16.5 Å². The second kappa shape index (κ2) is 3.99. The summed E-state index contributed by atoms with van der Waals surface area (Å²) in [5, 5.41) is 4.60. The molecule has 3 rings (SSSR count). The predicted molar refractivity (Wildman–Crippen MR) is 66.9 cm³/mol. The Hall–Kier alpha value is -2.21. The van der Waals surface area contributed by atoms with Crippen LogP contribution in [0.3, 0.4) is 0 Å². The van der Waals surface area contributed by atoms with Gasteiger partial charge >= 0.3 is 0 Å². The molecule has 0 unspecified atom stereocenters. The number of thiazole rings is 1. The molecule has 5 nitrogen and oxygen atoms in total. The summed E-state index contributed by atoms with van der Waals surface area (Å²) in [4.78, 5) is 9.20. The van der Waals surface area contributed by atoms with Crippen molar-refractivity contribution in [2.45, 2.75) is 0 Å². The average Bonchev–Trinajstić information content (AvgIpc) is 2.98. The van der Waals surface area contributed by atoms with E-state index in [2.05, 4.69) is 15.1 Å². The first kappa shape index (κ1) is 9.98. The molecule has 84 valence electrons. The first-order chi connectivity index (χ1) is 8.34. The van der Waals surface area contributed by atoms with E-state index in [9.17, 15) is 0 Å². The molecule has 2 aromatic heterocycles. The van der Waals surface area contributed by atoms with Crippen molar-refractivity contribution in [3.05, 3.63) is 43.0 Å². The Morgan fingerprint density at radius 2 is 2.00 bits per heavy atom. The highest BCUT2D eigenvalue weighted by molar-refractivity contribution is 7.19. The number of nitrogens with two attached hydrogens (primary N) is 1. The van der Waals surface area contributed by atoms with Gasteiger partial charge in [-0.15, -0.1) is 0 Å². The molecule has 0 aliphatic rings. The van der Waals surface area contributed by atoms with Gasteiger partial charge in [0.25, 0.3) is 0 Å². The molecule has 2 N–H and O–H groups in total. The van der Waals surface area contributed by atoms with E-state index in [0.29, 0.717) is 5.13 Å². The fraction of sp³-hybridized carbons (Fsp3) is 0. The largest absolute Gasteiger partial charge is 0.375 e. The molecule has 0 fully saturated rings. The van der Waals surface area contributed by atoms with Crippen LogP contribution >= 0.6 is 11.3 Å². The highest BCUT2D eigenvalue weighted by Crippen LogP contribution is 2.33. The van der Waals surface area contributed by atoms with Gasteiger partial charge in [-0.2, -0.15) is 5.10 Å². The fourth-order valence-corrected chi connectivity index (χ4v) is 2.40. The summed E-state index contributed by atoms with van der Waals surface area (Å²) < 4.78 is 1.62. The molecule has 0 saturated heterocycles. The van der Waals surface area contributed by atoms with Crippen LogP contribution in [0.4, 0.5) is 5.13 Å². The summed E-state index contributed by atoms with van der Waals surface area (Å²) in [7, 11) is 0. The van der Waals surface area contributed by atoms with Crippen molar-refractivity contribution in [3.8, 4) is 16.3 Å². The van der Waals surface area contributed by atoms with Crippen LogP contribution in [0, 0.1) is 0 Å². The van der Waals surface area contributed by atoms with Gasteiger partial charge in [0.05, 0.1) is 4.88 Å². The maximum Gasteiger partial charge on any atom is 0.182 e. The molecule has 0 atom stereocenters. The summed E-state index contributed by atoms with van der Waals surface area (Å²) in [5.74, 6) is 0.719.